The molecule has 4 nitrogen and oxygen atoms in total. The molecule has 0 bridgehead atoms. The molecule has 1 amide bonds. The van der Waals surface area contributed by atoms with Crippen LogP contribution in [0.25, 0.3) is 0 Å². The van der Waals surface area contributed by atoms with Crippen LogP contribution in [0, 0.1) is 0 Å². The first-order valence-corrected chi connectivity index (χ1v) is 7.73. The van der Waals surface area contributed by atoms with Gasteiger partial charge in [-0.2, -0.15) is 13.2 Å². The molecule has 0 aliphatic heterocycles. The lowest BCUT2D eigenvalue weighted by atomic mass is 10.1. The van der Waals surface area contributed by atoms with Crippen molar-refractivity contribution in [3.8, 4) is 0 Å². The van der Waals surface area contributed by atoms with E-state index in [-0.39, 0.29) is 17.8 Å². The number of nitrogens with one attached hydrogen (secondary N) is 2. The quantitative estimate of drug-likeness (QED) is 0.810. The second-order valence-corrected chi connectivity index (χ2v) is 5.77. The molecule has 130 valence electrons. The van der Waals surface area contributed by atoms with E-state index < -0.39 is 11.7 Å². The highest BCUT2D eigenvalue weighted by molar-refractivity contribution is 5.98. The highest BCUT2D eigenvalue weighted by Gasteiger charge is 2.31. The van der Waals surface area contributed by atoms with Crippen LogP contribution >= 0.6 is 0 Å². The Labute approximate surface area is 142 Å². The van der Waals surface area contributed by atoms with Gasteiger partial charge in [-0.05, 0) is 54.3 Å². The molecule has 0 fully saturated rings. The zero-order valence-corrected chi connectivity index (χ0v) is 13.2. The number of carbonyl (C=O) groups excluding carboxylic acids is 1. The van der Waals surface area contributed by atoms with Gasteiger partial charge in [0.15, 0.2) is 0 Å². The molecule has 0 saturated carbocycles. The predicted octanol–water partition coefficient (Wildman–Crippen LogP) is 4.32. The largest absolute Gasteiger partial charge is 0.416 e. The number of halogens is 3. The average Bonchev–Trinajstić information content (AvgIpc) is 2.96. The molecular formula is C18H16F3N3O. The summed E-state index contributed by atoms with van der Waals surface area (Å²) in [6, 6.07) is 7.35. The minimum atomic E-state index is -4.40. The number of alkyl halides is 3. The third kappa shape index (κ3) is 3.81. The Balaban J connectivity index is 1.77. The molecule has 1 heterocycles. The number of fused-ring (bicyclic) bond motifs is 1. The second-order valence-electron chi connectivity index (χ2n) is 5.77. The van der Waals surface area contributed by atoms with Gasteiger partial charge in [0.25, 0.3) is 0 Å². The summed E-state index contributed by atoms with van der Waals surface area (Å²) in [6.45, 7) is 3.40. The molecule has 1 aliphatic carbocycles. The van der Waals surface area contributed by atoms with E-state index in [0.717, 1.165) is 42.3 Å². The number of aryl methyl sites for hydroxylation is 1. The highest BCUT2D eigenvalue weighted by Crippen LogP contribution is 2.36. The van der Waals surface area contributed by atoms with Gasteiger partial charge in [-0.3, -0.25) is 4.79 Å². The zero-order valence-electron chi connectivity index (χ0n) is 13.2. The molecule has 25 heavy (non-hydrogen) atoms. The summed E-state index contributed by atoms with van der Waals surface area (Å²) in [7, 11) is 0. The number of benzene rings is 1. The lowest BCUT2D eigenvalue weighted by Crippen LogP contribution is -2.11. The predicted molar refractivity (Wildman–Crippen MR) is 89.2 cm³/mol. The molecule has 0 saturated heterocycles. The number of carbonyl (C=O) groups is 1. The van der Waals surface area contributed by atoms with Crippen LogP contribution in [-0.4, -0.2) is 10.9 Å². The first-order valence-electron chi connectivity index (χ1n) is 7.73. The molecule has 0 spiro atoms. The molecule has 0 unspecified atom stereocenters. The van der Waals surface area contributed by atoms with Crippen molar-refractivity contribution in [2.24, 2.45) is 0 Å². The van der Waals surface area contributed by atoms with Crippen molar-refractivity contribution in [2.75, 3.05) is 10.6 Å². The van der Waals surface area contributed by atoms with Gasteiger partial charge in [-0.25, -0.2) is 4.98 Å². The van der Waals surface area contributed by atoms with Crippen molar-refractivity contribution in [3.05, 3.63) is 65.9 Å². The first-order chi connectivity index (χ1) is 11.9. The molecule has 2 aromatic rings. The van der Waals surface area contributed by atoms with Crippen LogP contribution in [-0.2, 0) is 17.4 Å². The van der Waals surface area contributed by atoms with E-state index in [1.807, 2.05) is 12.1 Å². The molecule has 0 radical (unpaired) electrons. The van der Waals surface area contributed by atoms with Gasteiger partial charge in [0, 0.05) is 11.9 Å². The molecule has 1 aromatic carbocycles. The van der Waals surface area contributed by atoms with Crippen LogP contribution in [0.2, 0.25) is 0 Å². The highest BCUT2D eigenvalue weighted by atomic mass is 19.4. The molecule has 3 rings (SSSR count). The van der Waals surface area contributed by atoms with E-state index in [4.69, 9.17) is 0 Å². The number of pyridine rings is 1. The van der Waals surface area contributed by atoms with Gasteiger partial charge < -0.3 is 10.6 Å². The minimum Gasteiger partial charge on any atom is -0.363 e. The van der Waals surface area contributed by atoms with Crippen molar-refractivity contribution in [3.63, 3.8) is 0 Å². The standard InChI is InChI=1S/C18H16F3N3O/c1-2-17(25)23-13-4-5-14-11(9-13)3-6-15(14)24-16-10-12(7-8-22-16)18(19,20)21/h2,4-5,7-10,15H,1,3,6H2,(H,22,24)(H,23,25)/t15-/m1/s1. The minimum absolute atomic E-state index is 0.116. The summed E-state index contributed by atoms with van der Waals surface area (Å²) in [6.07, 6.45) is -0.549. The van der Waals surface area contributed by atoms with Gasteiger partial charge in [-0.1, -0.05) is 12.6 Å². The Morgan fingerprint density at radius 3 is 2.80 bits per heavy atom. The fourth-order valence-corrected chi connectivity index (χ4v) is 2.90. The Bertz CT molecular complexity index is 817. The zero-order chi connectivity index (χ0) is 18.0. The van der Waals surface area contributed by atoms with Gasteiger partial charge in [0.05, 0.1) is 11.6 Å². The van der Waals surface area contributed by atoms with E-state index in [1.165, 1.54) is 6.08 Å². The lowest BCUT2D eigenvalue weighted by molar-refractivity contribution is -0.137. The number of amides is 1. The van der Waals surface area contributed by atoms with Crippen LogP contribution in [0.15, 0.2) is 49.2 Å². The average molecular weight is 347 g/mol. The summed E-state index contributed by atoms with van der Waals surface area (Å²) in [5.74, 6) is -0.0995. The molecule has 7 heteroatoms. The van der Waals surface area contributed by atoms with Gasteiger partial charge in [0.1, 0.15) is 5.82 Å². The number of hydrogen-bond acceptors (Lipinski definition) is 3. The summed E-state index contributed by atoms with van der Waals surface area (Å²) >= 11 is 0. The maximum absolute atomic E-state index is 12.8. The van der Waals surface area contributed by atoms with Crippen LogP contribution in [0.4, 0.5) is 24.7 Å². The van der Waals surface area contributed by atoms with Crippen molar-refractivity contribution in [1.29, 1.82) is 0 Å². The van der Waals surface area contributed by atoms with Crippen molar-refractivity contribution in [1.82, 2.24) is 4.98 Å². The maximum Gasteiger partial charge on any atom is 0.416 e. The van der Waals surface area contributed by atoms with E-state index in [1.54, 1.807) is 6.07 Å². The number of aromatic nitrogens is 1. The molecule has 1 aliphatic rings. The van der Waals surface area contributed by atoms with Crippen molar-refractivity contribution in [2.45, 2.75) is 25.1 Å². The summed E-state index contributed by atoms with van der Waals surface area (Å²) in [5.41, 5.74) is 1.98. The van der Waals surface area contributed by atoms with Crippen LogP contribution in [0.1, 0.15) is 29.2 Å². The van der Waals surface area contributed by atoms with Crippen LogP contribution in [0.3, 0.4) is 0 Å². The second kappa shape index (κ2) is 6.58. The maximum atomic E-state index is 12.8. The molecule has 1 aromatic heterocycles. The topological polar surface area (TPSA) is 54.0 Å². The van der Waals surface area contributed by atoms with E-state index in [0.29, 0.717) is 5.69 Å². The Morgan fingerprint density at radius 1 is 1.28 bits per heavy atom. The number of hydrogen-bond donors (Lipinski definition) is 2. The van der Waals surface area contributed by atoms with Crippen molar-refractivity contribution >= 4 is 17.4 Å². The Hall–Kier alpha value is -2.83. The van der Waals surface area contributed by atoms with Gasteiger partial charge in [0.2, 0.25) is 5.91 Å². The number of nitrogens with zero attached hydrogens (tertiary/aromatic N) is 1. The van der Waals surface area contributed by atoms with Crippen LogP contribution in [0.5, 0.6) is 0 Å². The fourth-order valence-electron chi connectivity index (χ4n) is 2.90. The monoisotopic (exact) mass is 347 g/mol. The number of rotatable bonds is 4. The SMILES string of the molecule is C=CC(=O)Nc1ccc2c(c1)CC[C@H]2Nc1cc(C(F)(F)F)ccn1. The first kappa shape index (κ1) is 17.0. The summed E-state index contributed by atoms with van der Waals surface area (Å²) < 4.78 is 38.4. The Kier molecular flexibility index (Phi) is 4.48. The third-order valence-electron chi connectivity index (χ3n) is 4.08. The van der Waals surface area contributed by atoms with E-state index >= 15 is 0 Å². The summed E-state index contributed by atoms with van der Waals surface area (Å²) in [5, 5.41) is 5.76. The van der Waals surface area contributed by atoms with Crippen LogP contribution < -0.4 is 10.6 Å². The normalized spacial score (nSPS) is 16.2. The lowest BCUT2D eigenvalue weighted by Gasteiger charge is -2.16. The van der Waals surface area contributed by atoms with E-state index in [2.05, 4.69) is 22.2 Å². The number of anilines is 2. The third-order valence-corrected chi connectivity index (χ3v) is 4.08. The fraction of sp³-hybridized carbons (Fsp3) is 0.222. The van der Waals surface area contributed by atoms with Gasteiger partial charge >= 0.3 is 6.18 Å². The summed E-state index contributed by atoms with van der Waals surface area (Å²) in [4.78, 5) is 15.3. The van der Waals surface area contributed by atoms with E-state index in [9.17, 15) is 18.0 Å². The smallest absolute Gasteiger partial charge is 0.363 e. The molecule has 1 atom stereocenters. The molecule has 2 N–H and O–H groups in total. The Morgan fingerprint density at radius 2 is 2.08 bits per heavy atom. The molecular weight excluding hydrogens is 331 g/mol. The van der Waals surface area contributed by atoms with Crippen molar-refractivity contribution < 1.29 is 18.0 Å². The van der Waals surface area contributed by atoms with Gasteiger partial charge in [-0.15, -0.1) is 0 Å².